The van der Waals surface area contributed by atoms with Crippen molar-refractivity contribution in [2.75, 3.05) is 66.8 Å². The number of carbonyl (C=O) groups is 4. The molecule has 760 valence electrons. The first-order chi connectivity index (χ1) is 67.2. The number of carbonyl (C=O) groups excluding carboxylic acids is 4. The number of thioether (sulfide) groups is 2. The van der Waals surface area contributed by atoms with Crippen LogP contribution in [0, 0.1) is 11.8 Å². The van der Waals surface area contributed by atoms with Gasteiger partial charge in [0.05, 0.1) is 83.3 Å². The lowest BCUT2D eigenvalue weighted by Gasteiger charge is -2.34. The van der Waals surface area contributed by atoms with Gasteiger partial charge in [-0.3, -0.25) is 69.5 Å². The summed E-state index contributed by atoms with van der Waals surface area (Å²) in [4.78, 5) is 93.4. The quantitative estimate of drug-likeness (QED) is 0.00751. The van der Waals surface area contributed by atoms with Gasteiger partial charge in [-0.1, -0.05) is 96.3 Å². The molecular formula is C83H76N14O35S12. The molecular weight excluding hydrogens is 2140 g/mol. The van der Waals surface area contributed by atoms with Crippen LogP contribution in [0.15, 0.2) is 193 Å². The molecule has 16 rings (SSSR count). The first kappa shape index (κ1) is 105. The zero-order valence-corrected chi connectivity index (χ0v) is 82.9. The number of H-pyrrole nitrogens is 1. The summed E-state index contributed by atoms with van der Waals surface area (Å²) in [6, 6.07) is 20.6. The zero-order valence-electron chi connectivity index (χ0n) is 73.1. The summed E-state index contributed by atoms with van der Waals surface area (Å²) >= 11 is 1.62. The fourth-order valence-electron chi connectivity index (χ4n) is 17.7. The second-order valence-electron chi connectivity index (χ2n) is 33.4. The highest BCUT2D eigenvalue weighted by Gasteiger charge is 2.44. The minimum atomic E-state index is -5.76. The number of hydrogen-bond donors (Lipinski definition) is 18. The minimum Gasteiger partial charge on any atom is -0.379 e. The molecule has 4 aliphatic carbocycles. The van der Waals surface area contributed by atoms with E-state index in [-0.39, 0.29) is 109 Å². The van der Waals surface area contributed by atoms with Crippen LogP contribution in [0.5, 0.6) is 0 Å². The molecule has 11 aromatic rings. The van der Waals surface area contributed by atoms with Crippen LogP contribution in [-0.2, 0) is 101 Å². The van der Waals surface area contributed by atoms with Gasteiger partial charge in [0.1, 0.15) is 29.4 Å². The lowest BCUT2D eigenvalue weighted by Crippen LogP contribution is -2.30. The number of nitrogens with zero attached hydrogens (tertiary/aromatic N) is 6. The Labute approximate surface area is 826 Å². The third-order valence-corrected chi connectivity index (χ3v) is 34.3. The van der Waals surface area contributed by atoms with Crippen molar-refractivity contribution >= 4 is 228 Å². The summed E-state index contributed by atoms with van der Waals surface area (Å²) in [5.41, 5.74) is -12.7. The third kappa shape index (κ3) is 22.9. The van der Waals surface area contributed by atoms with Crippen molar-refractivity contribution in [1.29, 1.82) is 0 Å². The number of nitrogens with one attached hydrogen (secondary N) is 8. The Balaban J connectivity index is 0.653. The molecule has 0 atom stereocenters. The van der Waals surface area contributed by atoms with Gasteiger partial charge in [-0.05, 0) is 154 Å². The van der Waals surface area contributed by atoms with Gasteiger partial charge in [0.2, 0.25) is 23.8 Å². The Hall–Kier alpha value is -12.2. The molecule has 144 heavy (non-hydrogen) atoms. The van der Waals surface area contributed by atoms with Crippen LogP contribution in [0.2, 0.25) is 0 Å². The molecule has 0 spiro atoms. The van der Waals surface area contributed by atoms with E-state index in [0.29, 0.717) is 88.1 Å². The van der Waals surface area contributed by atoms with Gasteiger partial charge in [-0.25, -0.2) is 0 Å². The molecule has 2 fully saturated rings. The average molecular weight is 2210 g/mol. The van der Waals surface area contributed by atoms with Crippen molar-refractivity contribution in [1.82, 2.24) is 34.9 Å². The predicted molar refractivity (Wildman–Crippen MR) is 516 cm³/mol. The van der Waals surface area contributed by atoms with E-state index < -0.39 is 295 Å². The summed E-state index contributed by atoms with van der Waals surface area (Å²) in [5.74, 6) is -7.24. The molecule has 4 heterocycles. The second-order valence-corrected chi connectivity index (χ2v) is 49.9. The molecule has 18 N–H and O–H groups in total. The van der Waals surface area contributed by atoms with Gasteiger partial charge < -0.3 is 42.2 Å². The van der Waals surface area contributed by atoms with Crippen LogP contribution >= 0.6 is 23.5 Å². The number of aromatic nitrogens is 7. The Kier molecular flexibility index (Phi) is 28.6. The van der Waals surface area contributed by atoms with E-state index in [2.05, 4.69) is 72.1 Å². The van der Waals surface area contributed by atoms with Crippen LogP contribution in [0.25, 0.3) is 27.6 Å². The molecule has 2 saturated carbocycles. The molecule has 0 saturated heterocycles. The molecule has 3 aromatic heterocycles. The van der Waals surface area contributed by atoms with Gasteiger partial charge in [0.25, 0.3) is 107 Å². The summed E-state index contributed by atoms with van der Waals surface area (Å²) < 4.78 is 362. The summed E-state index contributed by atoms with van der Waals surface area (Å²) in [5, 5.41) is 18.4. The van der Waals surface area contributed by atoms with Crippen molar-refractivity contribution < 1.29 is 149 Å². The van der Waals surface area contributed by atoms with E-state index in [1.807, 2.05) is 0 Å². The van der Waals surface area contributed by atoms with Crippen molar-refractivity contribution in [3.8, 4) is 11.1 Å². The van der Waals surface area contributed by atoms with E-state index >= 15 is 9.59 Å². The van der Waals surface area contributed by atoms with Gasteiger partial charge in [-0.2, -0.15) is 114 Å². The maximum Gasteiger partial charge on any atom is 0.296 e. The fourth-order valence-corrected chi connectivity index (χ4v) is 25.8. The normalized spacial score (nSPS) is 16.8. The third-order valence-electron chi connectivity index (χ3n) is 23.8. The van der Waals surface area contributed by atoms with Crippen molar-refractivity contribution in [3.05, 3.63) is 199 Å². The summed E-state index contributed by atoms with van der Waals surface area (Å²) in [7, 11) is -52.8. The second kappa shape index (κ2) is 39.3. The van der Waals surface area contributed by atoms with E-state index in [1.54, 1.807) is 0 Å². The zero-order chi connectivity index (χ0) is 104. The van der Waals surface area contributed by atoms with Gasteiger partial charge in [0, 0.05) is 80.0 Å². The molecule has 0 bridgehead atoms. The van der Waals surface area contributed by atoms with Crippen LogP contribution in [0.4, 0.5) is 63.6 Å². The maximum absolute atomic E-state index is 15.0. The Bertz CT molecular complexity index is 8730. The van der Waals surface area contributed by atoms with E-state index in [1.165, 1.54) is 54.6 Å². The van der Waals surface area contributed by atoms with Crippen molar-refractivity contribution in [3.63, 3.8) is 0 Å². The molecule has 0 unspecified atom stereocenters. The van der Waals surface area contributed by atoms with Gasteiger partial charge in [0.15, 0.2) is 33.4 Å². The molecule has 61 heteroatoms. The lowest BCUT2D eigenvalue weighted by molar-refractivity contribution is 0.102. The predicted octanol–water partition coefficient (Wildman–Crippen LogP) is 9.71. The van der Waals surface area contributed by atoms with Gasteiger partial charge in [-0.15, -0.1) is 0 Å². The minimum absolute atomic E-state index is 0.00107. The lowest BCUT2D eigenvalue weighted by atomic mass is 9.75. The largest absolute Gasteiger partial charge is 0.379 e. The highest BCUT2D eigenvalue weighted by Crippen LogP contribution is 2.53. The van der Waals surface area contributed by atoms with Crippen LogP contribution in [0.1, 0.15) is 140 Å². The fraction of sp³-hybridized carbons (Fsp3) is 0.241. The van der Waals surface area contributed by atoms with Crippen LogP contribution < -0.4 is 42.8 Å². The molecule has 0 radical (unpaired) electrons. The first-order valence-electron chi connectivity index (χ1n) is 42.2. The monoisotopic (exact) mass is 2210 g/mol. The molecule has 8 aromatic carbocycles. The number of benzene rings is 8. The highest BCUT2D eigenvalue weighted by molar-refractivity contribution is 7.99. The van der Waals surface area contributed by atoms with Gasteiger partial charge >= 0.3 is 0 Å². The topological polar surface area (TPSA) is 806 Å². The van der Waals surface area contributed by atoms with E-state index in [0.717, 1.165) is 59.9 Å². The van der Waals surface area contributed by atoms with Crippen LogP contribution in [0.3, 0.4) is 0 Å². The molecule has 49 nitrogen and oxygen atoms in total. The number of aromatic amines is 1. The van der Waals surface area contributed by atoms with Crippen molar-refractivity contribution in [2.24, 2.45) is 11.8 Å². The SMILES string of the molecule is O=C(C1=C2c3ccccc3C(=O)c3c(Nc4cc(Nc5nc(NC6CCC(CC7CCC(Nc8nc(Nc9cc(Nc%10cc(S(=O)(=O)O)c%11[nH]c(=O)c(C(=O)c%12cccc(S(=O)(=O)O)c%12)c%12c%11c%10C(=O)c%10ccccc%10-%12)c(S(=O)(=O)O)cc9S(=O)(=O)O)nc(SCCCS(=O)(=O)O)n8)CC7)CC6)nc(SCCCS(=O)(=O)O)n5)c(S(=O)(=O)O)cc4S(=O)(=O)O)cc(S(=O)(=O)O)c(c32)NC1)c1cccc(S(=O)(=O)O)c1. The van der Waals surface area contributed by atoms with E-state index in [9.17, 15) is 144 Å². The van der Waals surface area contributed by atoms with Crippen molar-refractivity contribution in [2.45, 2.75) is 132 Å². The first-order valence-corrected chi connectivity index (χ1v) is 58.9. The number of pyridine rings is 1. The number of Topliss-reactive ketones (excluding diaryl/α,β-unsaturated/α-hetero) is 1. The molecule has 0 amide bonds. The molecule has 5 aliphatic rings. The number of rotatable bonds is 36. The number of ketones is 4. The maximum atomic E-state index is 15.0. The Morgan fingerprint density at radius 3 is 1.19 bits per heavy atom. The Morgan fingerprint density at radius 2 is 0.757 bits per heavy atom. The van der Waals surface area contributed by atoms with E-state index in [4.69, 9.17) is 0 Å². The highest BCUT2D eigenvalue weighted by atomic mass is 32.3. The average Bonchev–Trinajstić information content (AvgIpc) is 0.703. The smallest absolute Gasteiger partial charge is 0.296 e. The Morgan fingerprint density at radius 1 is 0.368 bits per heavy atom. The standard InChI is InChI=1S/C83H76N14O35S12/c98-73(41-9-5-11-45(30-41)137(109,110)111)51-38-84-71-62(143(127,128)129)34-56(66-68(71)64(51)47-13-1-3-15-49(47)75(66)100)87-52-32-54(60(141(121,122)123)36-58(52)139(115,116)117)89-80-92-78(94-82(96-80)133-25-7-27-135(103,104)105)85-43-21-17-39(18-22-43)29-40-19-23-44(24-20-40)86-79-93-81(97-83(95-79)134-26-8-28-136(106,107)108)90-55-33-53(59(140(118,119)120)37-61(55)142(124,125)126)88-57-35-63(144(130,131)132)72-69-65(48-14-2-4-16-50(48)76(101)67(57)69)70(77(102)91-72)74(99)42-10-6-12-46(31-42)138(112,113)114/h1-6,9-16,30-37,39-40,43-44,84,87-88H,7-8,17-29,38H2,(H,91,102)(H,103,104,105)(H,106,107,108)(H,109,110,111)(H,112,113,114)(H,115,116,117)(H,118,119,120)(H,121,122,123)(H,124,125,126)(H,127,128,129)(H,130,131,132)(H2,85,89,92,94,96)(H2,86,90,93,95,97). The number of hydrogen-bond acceptors (Lipinski definition) is 40. The summed E-state index contributed by atoms with van der Waals surface area (Å²) in [6.45, 7) is -0.563. The van der Waals surface area contributed by atoms with Crippen LogP contribution in [-0.4, -0.2) is 229 Å². The molecule has 1 aliphatic heterocycles. The number of anilines is 11. The summed E-state index contributed by atoms with van der Waals surface area (Å²) in [6.07, 6.45) is 4.52. The number of fused-ring (bicyclic) bond motifs is 4.